The molecule has 0 bridgehead atoms. The molecule has 1 saturated heterocycles. The molecule has 1 N–H and O–H groups in total. The summed E-state index contributed by atoms with van der Waals surface area (Å²) >= 11 is 0. The van der Waals surface area contributed by atoms with Gasteiger partial charge in [0.1, 0.15) is 0 Å². The lowest BCUT2D eigenvalue weighted by atomic mass is 9.87. The van der Waals surface area contributed by atoms with E-state index in [0.717, 1.165) is 25.5 Å². The first-order valence-corrected chi connectivity index (χ1v) is 7.35. The van der Waals surface area contributed by atoms with Gasteiger partial charge in [0.05, 0.1) is 0 Å². The van der Waals surface area contributed by atoms with Gasteiger partial charge in [-0.15, -0.1) is 0 Å². The highest BCUT2D eigenvalue weighted by molar-refractivity contribution is 4.81. The van der Waals surface area contributed by atoms with Crippen molar-refractivity contribution in [3.8, 4) is 0 Å². The number of likely N-dealkylation sites (tertiary alicyclic amines) is 1. The standard InChI is InChI=1S/C15H32N2O/c1-13(14-7-6-9-17(4)11-14)16-12-15(2,3)8-10-18-5/h13-14,16H,6-12H2,1-5H3. The Morgan fingerprint density at radius 2 is 2.17 bits per heavy atom. The zero-order chi connectivity index (χ0) is 13.6. The molecule has 0 spiro atoms. The van der Waals surface area contributed by atoms with Gasteiger partial charge < -0.3 is 15.0 Å². The minimum atomic E-state index is 0.324. The molecule has 0 aliphatic carbocycles. The monoisotopic (exact) mass is 256 g/mol. The Labute approximate surface area is 113 Å². The van der Waals surface area contributed by atoms with Crippen molar-refractivity contribution in [2.45, 2.75) is 46.1 Å². The average Bonchev–Trinajstić information content (AvgIpc) is 2.34. The molecule has 1 rings (SSSR count). The number of piperidine rings is 1. The summed E-state index contributed by atoms with van der Waals surface area (Å²) in [5, 5.41) is 3.74. The Morgan fingerprint density at radius 3 is 2.78 bits per heavy atom. The van der Waals surface area contributed by atoms with Crippen LogP contribution in [0.15, 0.2) is 0 Å². The van der Waals surface area contributed by atoms with E-state index in [4.69, 9.17) is 4.74 Å². The summed E-state index contributed by atoms with van der Waals surface area (Å²) in [7, 11) is 4.02. The summed E-state index contributed by atoms with van der Waals surface area (Å²) in [6, 6.07) is 0.620. The molecule has 2 atom stereocenters. The van der Waals surface area contributed by atoms with Crippen LogP contribution in [0.4, 0.5) is 0 Å². The molecule has 108 valence electrons. The van der Waals surface area contributed by atoms with E-state index in [2.05, 4.69) is 38.0 Å². The summed E-state index contributed by atoms with van der Waals surface area (Å²) in [6.07, 6.45) is 3.84. The predicted octanol–water partition coefficient (Wildman–Crippen LogP) is 2.37. The van der Waals surface area contributed by atoms with Crippen LogP contribution >= 0.6 is 0 Å². The summed E-state index contributed by atoms with van der Waals surface area (Å²) < 4.78 is 5.18. The SMILES string of the molecule is COCCC(C)(C)CNC(C)C1CCCN(C)C1. The molecule has 0 aromatic rings. The molecule has 0 amide bonds. The minimum Gasteiger partial charge on any atom is -0.385 e. The fraction of sp³-hybridized carbons (Fsp3) is 1.00. The quantitative estimate of drug-likeness (QED) is 0.757. The molecule has 1 heterocycles. The third-order valence-corrected chi connectivity index (χ3v) is 4.25. The predicted molar refractivity (Wildman–Crippen MR) is 78.0 cm³/mol. The normalized spacial score (nSPS) is 24.2. The number of methoxy groups -OCH3 is 1. The highest BCUT2D eigenvalue weighted by atomic mass is 16.5. The van der Waals surface area contributed by atoms with E-state index >= 15 is 0 Å². The second-order valence-electron chi connectivity index (χ2n) is 6.74. The van der Waals surface area contributed by atoms with Crippen LogP contribution < -0.4 is 5.32 Å². The molecular weight excluding hydrogens is 224 g/mol. The van der Waals surface area contributed by atoms with Gasteiger partial charge >= 0.3 is 0 Å². The van der Waals surface area contributed by atoms with Crippen LogP contribution in [0.1, 0.15) is 40.0 Å². The highest BCUT2D eigenvalue weighted by Crippen LogP contribution is 2.22. The maximum absolute atomic E-state index is 5.18. The van der Waals surface area contributed by atoms with Crippen LogP contribution in [-0.2, 0) is 4.74 Å². The Morgan fingerprint density at radius 1 is 1.44 bits per heavy atom. The first-order chi connectivity index (χ1) is 8.44. The lowest BCUT2D eigenvalue weighted by Crippen LogP contribution is -2.45. The molecule has 0 aromatic carbocycles. The third-order valence-electron chi connectivity index (χ3n) is 4.25. The molecular formula is C15H32N2O. The maximum Gasteiger partial charge on any atom is 0.0467 e. The van der Waals surface area contributed by atoms with Crippen LogP contribution in [0, 0.1) is 11.3 Å². The third kappa shape index (κ3) is 5.68. The Hall–Kier alpha value is -0.120. The van der Waals surface area contributed by atoms with Gasteiger partial charge in [-0.2, -0.15) is 0 Å². The lowest BCUT2D eigenvalue weighted by Gasteiger charge is -2.35. The van der Waals surface area contributed by atoms with E-state index in [1.165, 1.54) is 25.9 Å². The number of hydrogen-bond acceptors (Lipinski definition) is 3. The number of hydrogen-bond donors (Lipinski definition) is 1. The van der Waals surface area contributed by atoms with Crippen LogP contribution in [0.25, 0.3) is 0 Å². The molecule has 18 heavy (non-hydrogen) atoms. The van der Waals surface area contributed by atoms with Crippen molar-refractivity contribution < 1.29 is 4.74 Å². The molecule has 1 fully saturated rings. The van der Waals surface area contributed by atoms with Gasteiger partial charge in [0.2, 0.25) is 0 Å². The number of nitrogens with zero attached hydrogens (tertiary/aromatic N) is 1. The lowest BCUT2D eigenvalue weighted by molar-refractivity contribution is 0.139. The largest absolute Gasteiger partial charge is 0.385 e. The van der Waals surface area contributed by atoms with Gasteiger partial charge in [-0.25, -0.2) is 0 Å². The van der Waals surface area contributed by atoms with Crippen LogP contribution in [0.3, 0.4) is 0 Å². The van der Waals surface area contributed by atoms with Gasteiger partial charge in [0, 0.05) is 32.8 Å². The van der Waals surface area contributed by atoms with Crippen molar-refractivity contribution >= 4 is 0 Å². The van der Waals surface area contributed by atoms with Crippen molar-refractivity contribution in [1.82, 2.24) is 10.2 Å². The van der Waals surface area contributed by atoms with E-state index in [0.29, 0.717) is 11.5 Å². The van der Waals surface area contributed by atoms with E-state index < -0.39 is 0 Å². The van der Waals surface area contributed by atoms with Gasteiger partial charge in [-0.1, -0.05) is 13.8 Å². The van der Waals surface area contributed by atoms with Crippen LogP contribution in [0.5, 0.6) is 0 Å². The summed E-state index contributed by atoms with van der Waals surface area (Å²) in [5.41, 5.74) is 0.324. The molecule has 3 nitrogen and oxygen atoms in total. The Bertz CT molecular complexity index is 231. The van der Waals surface area contributed by atoms with Crippen molar-refractivity contribution in [3.63, 3.8) is 0 Å². The van der Waals surface area contributed by atoms with Crippen molar-refractivity contribution in [2.24, 2.45) is 11.3 Å². The molecule has 0 aromatic heterocycles. The molecule has 1 aliphatic heterocycles. The summed E-state index contributed by atoms with van der Waals surface area (Å²) in [6.45, 7) is 11.4. The molecule has 1 aliphatic rings. The van der Waals surface area contributed by atoms with E-state index in [-0.39, 0.29) is 0 Å². The van der Waals surface area contributed by atoms with Gasteiger partial charge in [-0.05, 0) is 51.1 Å². The van der Waals surface area contributed by atoms with Gasteiger partial charge in [0.15, 0.2) is 0 Å². The smallest absolute Gasteiger partial charge is 0.0467 e. The topological polar surface area (TPSA) is 24.5 Å². The molecule has 0 radical (unpaired) electrons. The van der Waals surface area contributed by atoms with Crippen LogP contribution in [-0.4, -0.2) is 51.3 Å². The van der Waals surface area contributed by atoms with Gasteiger partial charge in [0.25, 0.3) is 0 Å². The van der Waals surface area contributed by atoms with Crippen LogP contribution in [0.2, 0.25) is 0 Å². The first kappa shape index (κ1) is 15.9. The Kier molecular flexibility index (Phi) is 6.61. The van der Waals surface area contributed by atoms with Gasteiger partial charge in [-0.3, -0.25) is 0 Å². The number of nitrogens with one attached hydrogen (secondary N) is 1. The summed E-state index contributed by atoms with van der Waals surface area (Å²) in [4.78, 5) is 2.46. The minimum absolute atomic E-state index is 0.324. The van der Waals surface area contributed by atoms with E-state index in [9.17, 15) is 0 Å². The zero-order valence-corrected chi connectivity index (χ0v) is 13.0. The second-order valence-corrected chi connectivity index (χ2v) is 6.74. The van der Waals surface area contributed by atoms with E-state index in [1.807, 2.05) is 0 Å². The van der Waals surface area contributed by atoms with E-state index in [1.54, 1.807) is 7.11 Å². The second kappa shape index (κ2) is 7.46. The fourth-order valence-electron chi connectivity index (χ4n) is 2.69. The highest BCUT2D eigenvalue weighted by Gasteiger charge is 2.24. The van der Waals surface area contributed by atoms with Crippen molar-refractivity contribution in [3.05, 3.63) is 0 Å². The van der Waals surface area contributed by atoms with Crippen molar-refractivity contribution in [1.29, 1.82) is 0 Å². The number of rotatable bonds is 7. The average molecular weight is 256 g/mol. The zero-order valence-electron chi connectivity index (χ0n) is 13.0. The number of ether oxygens (including phenoxy) is 1. The fourth-order valence-corrected chi connectivity index (χ4v) is 2.69. The maximum atomic E-state index is 5.18. The van der Waals surface area contributed by atoms with Crippen molar-refractivity contribution in [2.75, 3.05) is 40.4 Å². The first-order valence-electron chi connectivity index (χ1n) is 7.35. The molecule has 0 saturated carbocycles. The molecule has 3 heteroatoms. The molecule has 2 unspecified atom stereocenters. The summed E-state index contributed by atoms with van der Waals surface area (Å²) in [5.74, 6) is 0.807. The Balaban J connectivity index is 2.28.